The van der Waals surface area contributed by atoms with Crippen molar-refractivity contribution in [3.05, 3.63) is 35.9 Å². The number of benzene rings is 1. The monoisotopic (exact) mass is 429 g/mol. The molecule has 0 aliphatic carbocycles. The second-order valence-electron chi connectivity index (χ2n) is 7.31. The van der Waals surface area contributed by atoms with Crippen molar-refractivity contribution in [2.45, 2.75) is 57.8 Å². The molecule has 0 heterocycles. The Labute approximate surface area is 174 Å². The fraction of sp³-hybridized carbons (Fsp3) is 0.550. The van der Waals surface area contributed by atoms with Crippen molar-refractivity contribution in [3.63, 3.8) is 0 Å². The van der Waals surface area contributed by atoms with Gasteiger partial charge in [0.05, 0.1) is 12.6 Å². The zero-order valence-corrected chi connectivity index (χ0v) is 17.0. The maximum Gasteiger partial charge on any atom is 0.345 e. The van der Waals surface area contributed by atoms with Gasteiger partial charge in [-0.2, -0.15) is 8.78 Å². The van der Waals surface area contributed by atoms with Crippen LogP contribution in [0.1, 0.15) is 32.3 Å². The fourth-order valence-corrected chi connectivity index (χ4v) is 2.70. The minimum absolute atomic E-state index is 0.0119. The maximum atomic E-state index is 12.5. The number of hydrogen-bond donors (Lipinski definition) is 4. The summed E-state index contributed by atoms with van der Waals surface area (Å²) in [6.45, 7) is -0.442. The van der Waals surface area contributed by atoms with Gasteiger partial charge in [-0.05, 0) is 30.7 Å². The summed E-state index contributed by atoms with van der Waals surface area (Å²) in [5.41, 5.74) is 6.95. The second kappa shape index (κ2) is 12.9. The van der Waals surface area contributed by atoms with Gasteiger partial charge in [-0.1, -0.05) is 44.2 Å². The lowest BCUT2D eigenvalue weighted by Gasteiger charge is -2.24. The summed E-state index contributed by atoms with van der Waals surface area (Å²) >= 11 is 0. The molecule has 0 unspecified atom stereocenters. The number of carbonyl (C=O) groups excluding carboxylic acids is 2. The highest BCUT2D eigenvalue weighted by Gasteiger charge is 2.29. The summed E-state index contributed by atoms with van der Waals surface area (Å²) in [5.74, 6) is -2.90. The first-order valence-electron chi connectivity index (χ1n) is 9.63. The molecule has 0 aliphatic heterocycles. The van der Waals surface area contributed by atoms with Gasteiger partial charge in [-0.25, -0.2) is 4.79 Å². The number of aliphatic carboxylic acids is 1. The number of ether oxygens (including phenoxy) is 1. The predicted octanol–water partition coefficient (Wildman–Crippen LogP) is 1.29. The van der Waals surface area contributed by atoms with Gasteiger partial charge in [0.15, 0.2) is 6.04 Å². The molecule has 1 rings (SSSR count). The van der Waals surface area contributed by atoms with E-state index in [4.69, 9.17) is 10.8 Å². The van der Waals surface area contributed by atoms with Crippen molar-refractivity contribution in [2.24, 2.45) is 11.7 Å². The van der Waals surface area contributed by atoms with E-state index in [1.807, 2.05) is 44.2 Å². The molecule has 8 nitrogen and oxygen atoms in total. The van der Waals surface area contributed by atoms with Gasteiger partial charge >= 0.3 is 12.6 Å². The Balaban J connectivity index is 2.70. The number of nitrogens with two attached hydrogens (primary N) is 1. The molecular formula is C20H29F2N3O5. The lowest BCUT2D eigenvalue weighted by atomic mass is 10.0. The highest BCUT2D eigenvalue weighted by atomic mass is 19.3. The summed E-state index contributed by atoms with van der Waals surface area (Å²) in [5, 5.41) is 13.8. The van der Waals surface area contributed by atoms with Gasteiger partial charge < -0.3 is 26.2 Å². The van der Waals surface area contributed by atoms with Gasteiger partial charge in [0.2, 0.25) is 11.8 Å². The van der Waals surface area contributed by atoms with Gasteiger partial charge in [0, 0.05) is 0 Å². The largest absolute Gasteiger partial charge is 0.480 e. The highest BCUT2D eigenvalue weighted by molar-refractivity contribution is 5.91. The first kappa shape index (κ1) is 25.4. The van der Waals surface area contributed by atoms with Crippen LogP contribution in [0.5, 0.6) is 0 Å². The summed E-state index contributed by atoms with van der Waals surface area (Å²) in [7, 11) is 0. The Bertz CT molecular complexity index is 688. The lowest BCUT2D eigenvalue weighted by Crippen LogP contribution is -2.55. The third-order valence-electron chi connectivity index (χ3n) is 4.27. The van der Waals surface area contributed by atoms with Crippen LogP contribution in [0.3, 0.4) is 0 Å². The number of amides is 2. The van der Waals surface area contributed by atoms with E-state index in [0.717, 1.165) is 5.56 Å². The van der Waals surface area contributed by atoms with E-state index in [2.05, 4.69) is 15.4 Å². The zero-order chi connectivity index (χ0) is 22.7. The molecule has 0 saturated carbocycles. The first-order chi connectivity index (χ1) is 14.1. The topological polar surface area (TPSA) is 131 Å². The third-order valence-corrected chi connectivity index (χ3v) is 4.27. The molecule has 2 amide bonds. The molecule has 10 heteroatoms. The van der Waals surface area contributed by atoms with Crippen LogP contribution in [-0.2, 0) is 25.5 Å². The molecule has 5 N–H and O–H groups in total. The standard InChI is InChI=1S/C20H29F2N3O5/c1-12(2)10-15(18(27)25-16(19(28)29)11-30-20(21)22)24-17(26)14(23)9-8-13-6-4-3-5-7-13/h3-7,12,14-16,20H,8-11,23H2,1-2H3,(H,24,26)(H,25,27)(H,28,29)/t14-,15-,16-/m0/s1. The SMILES string of the molecule is CC(C)C[C@H](NC(=O)[C@@H](N)CCc1ccccc1)C(=O)N[C@@H](COC(F)F)C(=O)O. The number of carboxylic acids is 1. The maximum absolute atomic E-state index is 12.5. The normalized spacial score (nSPS) is 14.2. The number of aryl methyl sites for hydroxylation is 1. The van der Waals surface area contributed by atoms with Crippen LogP contribution < -0.4 is 16.4 Å². The van der Waals surface area contributed by atoms with E-state index in [1.165, 1.54) is 0 Å². The number of carboxylic acid groups (broad SMARTS) is 1. The zero-order valence-electron chi connectivity index (χ0n) is 17.0. The molecule has 0 radical (unpaired) electrons. The molecule has 1 aromatic carbocycles. The molecule has 0 fully saturated rings. The second-order valence-corrected chi connectivity index (χ2v) is 7.31. The van der Waals surface area contributed by atoms with E-state index in [1.54, 1.807) is 0 Å². The van der Waals surface area contributed by atoms with Gasteiger partial charge in [0.1, 0.15) is 6.04 Å². The lowest BCUT2D eigenvalue weighted by molar-refractivity contribution is -0.156. The van der Waals surface area contributed by atoms with E-state index < -0.39 is 49.1 Å². The smallest absolute Gasteiger partial charge is 0.345 e. The molecule has 0 saturated heterocycles. The van der Waals surface area contributed by atoms with Crippen molar-refractivity contribution < 1.29 is 33.0 Å². The van der Waals surface area contributed by atoms with Crippen LogP contribution in [0.2, 0.25) is 0 Å². The number of carbonyl (C=O) groups is 3. The Morgan fingerprint density at radius 3 is 2.20 bits per heavy atom. The number of alkyl halides is 2. The van der Waals surface area contributed by atoms with Crippen molar-refractivity contribution in [1.29, 1.82) is 0 Å². The summed E-state index contributed by atoms with van der Waals surface area (Å²) < 4.78 is 28.4. The number of rotatable bonds is 13. The minimum atomic E-state index is -3.17. The minimum Gasteiger partial charge on any atom is -0.480 e. The molecule has 1 aromatic rings. The Morgan fingerprint density at radius 1 is 1.07 bits per heavy atom. The van der Waals surface area contributed by atoms with E-state index in [0.29, 0.717) is 12.8 Å². The Hall–Kier alpha value is -2.59. The fourth-order valence-electron chi connectivity index (χ4n) is 2.70. The molecule has 30 heavy (non-hydrogen) atoms. The van der Waals surface area contributed by atoms with Crippen molar-refractivity contribution in [3.8, 4) is 0 Å². The molecule has 3 atom stereocenters. The molecular weight excluding hydrogens is 400 g/mol. The van der Waals surface area contributed by atoms with Gasteiger partial charge in [-0.15, -0.1) is 0 Å². The number of hydrogen-bond acceptors (Lipinski definition) is 5. The summed E-state index contributed by atoms with van der Waals surface area (Å²) in [4.78, 5) is 36.1. The number of halogens is 2. The van der Waals surface area contributed by atoms with Gasteiger partial charge in [0.25, 0.3) is 0 Å². The highest BCUT2D eigenvalue weighted by Crippen LogP contribution is 2.08. The van der Waals surface area contributed by atoms with Crippen LogP contribution in [0, 0.1) is 5.92 Å². The predicted molar refractivity (Wildman–Crippen MR) is 106 cm³/mol. The van der Waals surface area contributed by atoms with Crippen LogP contribution in [0.15, 0.2) is 30.3 Å². The van der Waals surface area contributed by atoms with Gasteiger partial charge in [-0.3, -0.25) is 9.59 Å². The van der Waals surface area contributed by atoms with Crippen LogP contribution in [0.25, 0.3) is 0 Å². The molecule has 168 valence electrons. The molecule has 0 bridgehead atoms. The van der Waals surface area contributed by atoms with Crippen LogP contribution >= 0.6 is 0 Å². The van der Waals surface area contributed by atoms with Crippen molar-refractivity contribution >= 4 is 17.8 Å². The van der Waals surface area contributed by atoms with E-state index in [9.17, 15) is 23.2 Å². The Kier molecular flexibility index (Phi) is 10.9. The van der Waals surface area contributed by atoms with Crippen molar-refractivity contribution in [1.82, 2.24) is 10.6 Å². The third kappa shape index (κ3) is 9.75. The Morgan fingerprint density at radius 2 is 1.67 bits per heavy atom. The average molecular weight is 429 g/mol. The first-order valence-corrected chi connectivity index (χ1v) is 9.63. The summed E-state index contributed by atoms with van der Waals surface area (Å²) in [6, 6.07) is 5.84. The molecule has 0 aromatic heterocycles. The summed E-state index contributed by atoms with van der Waals surface area (Å²) in [6.07, 6.45) is 1.14. The average Bonchev–Trinajstić information content (AvgIpc) is 2.68. The quantitative estimate of drug-likeness (QED) is 0.374. The van der Waals surface area contributed by atoms with Crippen molar-refractivity contribution in [2.75, 3.05) is 6.61 Å². The molecule has 0 spiro atoms. The number of nitrogens with one attached hydrogen (secondary N) is 2. The van der Waals surface area contributed by atoms with Crippen LogP contribution in [0.4, 0.5) is 8.78 Å². The van der Waals surface area contributed by atoms with Crippen LogP contribution in [-0.4, -0.2) is 54.2 Å². The van der Waals surface area contributed by atoms with E-state index >= 15 is 0 Å². The molecule has 0 aliphatic rings. The van der Waals surface area contributed by atoms with E-state index in [-0.39, 0.29) is 12.3 Å².